The summed E-state index contributed by atoms with van der Waals surface area (Å²) in [6, 6.07) is 5.79. The van der Waals surface area contributed by atoms with E-state index in [9.17, 15) is 9.59 Å². The smallest absolute Gasteiger partial charge is 0.171 e. The zero-order chi connectivity index (χ0) is 20.3. The number of carbonyl (C=O) groups is 2. The minimum Gasteiger partial charge on any atom is -0.293 e. The average Bonchev–Trinajstić information content (AvgIpc) is 2.65. The lowest BCUT2D eigenvalue weighted by molar-refractivity contribution is 0.0800. The van der Waals surface area contributed by atoms with Crippen molar-refractivity contribution >= 4 is 11.6 Å². The Hall–Kier alpha value is -2.48. The van der Waals surface area contributed by atoms with Gasteiger partial charge >= 0.3 is 0 Å². The maximum absolute atomic E-state index is 13.2. The zero-order valence-electron chi connectivity index (χ0n) is 17.4. The van der Waals surface area contributed by atoms with E-state index in [1.807, 2.05) is 36.4 Å². The van der Waals surface area contributed by atoms with Crippen LogP contribution in [-0.4, -0.2) is 11.6 Å². The molecule has 0 radical (unpaired) electrons. The van der Waals surface area contributed by atoms with Gasteiger partial charge in [-0.1, -0.05) is 59.2 Å². The SMILES string of the molecule is CC(C)=CCCC1=CC2C(=O)c3cc(CCC=C(C)C)ccc3C(=O)C2C=C1. The molecular formula is C26H30O2. The van der Waals surface area contributed by atoms with Crippen molar-refractivity contribution in [3.8, 4) is 0 Å². The zero-order valence-corrected chi connectivity index (χ0v) is 17.4. The molecule has 2 nitrogen and oxygen atoms in total. The van der Waals surface area contributed by atoms with E-state index in [2.05, 4.69) is 39.8 Å². The monoisotopic (exact) mass is 374 g/mol. The van der Waals surface area contributed by atoms with Gasteiger partial charge in [0.1, 0.15) is 0 Å². The van der Waals surface area contributed by atoms with E-state index in [4.69, 9.17) is 0 Å². The van der Waals surface area contributed by atoms with Crippen LogP contribution >= 0.6 is 0 Å². The number of hydrogen-bond acceptors (Lipinski definition) is 2. The van der Waals surface area contributed by atoms with E-state index in [1.165, 1.54) is 11.1 Å². The van der Waals surface area contributed by atoms with E-state index >= 15 is 0 Å². The first-order valence-electron chi connectivity index (χ1n) is 10.2. The van der Waals surface area contributed by atoms with Crippen LogP contribution in [0.5, 0.6) is 0 Å². The van der Waals surface area contributed by atoms with Gasteiger partial charge in [-0.3, -0.25) is 9.59 Å². The third-order valence-electron chi connectivity index (χ3n) is 5.49. The lowest BCUT2D eigenvalue weighted by atomic mass is 9.70. The number of aryl methyl sites for hydroxylation is 1. The second kappa shape index (κ2) is 8.68. The molecule has 2 atom stereocenters. The molecule has 3 rings (SSSR count). The quantitative estimate of drug-likeness (QED) is 0.537. The predicted octanol–water partition coefficient (Wildman–Crippen LogP) is 6.44. The highest BCUT2D eigenvalue weighted by molar-refractivity contribution is 6.17. The highest BCUT2D eigenvalue weighted by Gasteiger charge is 2.40. The predicted molar refractivity (Wildman–Crippen MR) is 116 cm³/mol. The number of Topliss-reactive ketones (excluding diaryl/α,β-unsaturated/α-hetero) is 2. The molecule has 0 N–H and O–H groups in total. The Kier molecular flexibility index (Phi) is 6.28. The highest BCUT2D eigenvalue weighted by Crippen LogP contribution is 2.36. The number of hydrogen-bond donors (Lipinski definition) is 0. The molecule has 0 bridgehead atoms. The Bertz CT molecular complexity index is 900. The molecule has 2 heteroatoms. The van der Waals surface area contributed by atoms with Crippen LogP contribution in [0.2, 0.25) is 0 Å². The van der Waals surface area contributed by atoms with Crippen LogP contribution in [0.1, 0.15) is 73.2 Å². The molecule has 146 valence electrons. The van der Waals surface area contributed by atoms with Crippen molar-refractivity contribution in [2.24, 2.45) is 11.8 Å². The van der Waals surface area contributed by atoms with Crippen LogP contribution in [0.15, 0.2) is 65.3 Å². The second-order valence-electron chi connectivity index (χ2n) is 8.40. The molecule has 2 aliphatic rings. The van der Waals surface area contributed by atoms with Crippen molar-refractivity contribution in [2.75, 3.05) is 0 Å². The number of fused-ring (bicyclic) bond motifs is 2. The van der Waals surface area contributed by atoms with Gasteiger partial charge in [0, 0.05) is 11.1 Å². The molecule has 1 aromatic rings. The summed E-state index contributed by atoms with van der Waals surface area (Å²) in [5, 5.41) is 0. The molecule has 2 unspecified atom stereocenters. The first kappa shape index (κ1) is 20.3. The van der Waals surface area contributed by atoms with E-state index in [0.717, 1.165) is 36.8 Å². The van der Waals surface area contributed by atoms with Gasteiger partial charge in [-0.25, -0.2) is 0 Å². The lowest BCUT2D eigenvalue weighted by Crippen LogP contribution is -2.35. The maximum Gasteiger partial charge on any atom is 0.171 e. The first-order chi connectivity index (χ1) is 13.4. The Morgan fingerprint density at radius 2 is 1.50 bits per heavy atom. The minimum absolute atomic E-state index is 0.0753. The van der Waals surface area contributed by atoms with Crippen molar-refractivity contribution in [3.05, 3.63) is 82.0 Å². The van der Waals surface area contributed by atoms with Gasteiger partial charge in [0.25, 0.3) is 0 Å². The van der Waals surface area contributed by atoms with Crippen LogP contribution in [0.4, 0.5) is 0 Å². The molecule has 0 saturated carbocycles. The number of rotatable bonds is 6. The van der Waals surface area contributed by atoms with Gasteiger partial charge in [-0.05, 0) is 65.0 Å². The van der Waals surface area contributed by atoms with Crippen molar-refractivity contribution in [2.45, 2.75) is 53.4 Å². The molecule has 0 aromatic heterocycles. The van der Waals surface area contributed by atoms with Crippen LogP contribution in [0.25, 0.3) is 0 Å². The van der Waals surface area contributed by atoms with Crippen LogP contribution < -0.4 is 0 Å². The summed E-state index contributed by atoms with van der Waals surface area (Å²) in [5.74, 6) is -0.525. The number of carbonyl (C=O) groups excluding carboxylic acids is 2. The van der Waals surface area contributed by atoms with Crippen molar-refractivity contribution in [3.63, 3.8) is 0 Å². The van der Waals surface area contributed by atoms with Crippen LogP contribution in [-0.2, 0) is 6.42 Å². The Morgan fingerprint density at radius 1 is 0.857 bits per heavy atom. The number of ketones is 2. The third-order valence-corrected chi connectivity index (χ3v) is 5.49. The van der Waals surface area contributed by atoms with Crippen molar-refractivity contribution < 1.29 is 9.59 Å². The number of allylic oxidation sites excluding steroid dienone is 8. The molecule has 0 spiro atoms. The normalized spacial score (nSPS) is 20.2. The fourth-order valence-electron chi connectivity index (χ4n) is 3.97. The van der Waals surface area contributed by atoms with E-state index < -0.39 is 0 Å². The molecular weight excluding hydrogens is 344 g/mol. The summed E-state index contributed by atoms with van der Waals surface area (Å²) in [4.78, 5) is 26.2. The Labute approximate surface area is 168 Å². The molecule has 2 aliphatic carbocycles. The summed E-state index contributed by atoms with van der Waals surface area (Å²) in [7, 11) is 0. The number of benzene rings is 1. The van der Waals surface area contributed by atoms with E-state index in [1.54, 1.807) is 0 Å². The summed E-state index contributed by atoms with van der Waals surface area (Å²) in [6.45, 7) is 8.37. The fourth-order valence-corrected chi connectivity index (χ4v) is 3.97. The molecule has 0 amide bonds. The first-order valence-corrected chi connectivity index (χ1v) is 10.2. The van der Waals surface area contributed by atoms with Gasteiger partial charge < -0.3 is 0 Å². The van der Waals surface area contributed by atoms with Gasteiger partial charge in [-0.15, -0.1) is 0 Å². The average molecular weight is 375 g/mol. The van der Waals surface area contributed by atoms with Gasteiger partial charge in [0.15, 0.2) is 11.6 Å². The van der Waals surface area contributed by atoms with Gasteiger partial charge in [0.2, 0.25) is 0 Å². The molecule has 28 heavy (non-hydrogen) atoms. The van der Waals surface area contributed by atoms with Crippen LogP contribution in [0, 0.1) is 11.8 Å². The largest absolute Gasteiger partial charge is 0.293 e. The molecule has 0 fully saturated rings. The molecule has 0 saturated heterocycles. The van der Waals surface area contributed by atoms with Crippen molar-refractivity contribution in [1.29, 1.82) is 0 Å². The summed E-state index contributed by atoms with van der Waals surface area (Å²) in [6.07, 6.45) is 14.1. The van der Waals surface area contributed by atoms with Crippen molar-refractivity contribution in [1.82, 2.24) is 0 Å². The minimum atomic E-state index is -0.347. The van der Waals surface area contributed by atoms with Gasteiger partial charge in [-0.2, -0.15) is 0 Å². The lowest BCUT2D eigenvalue weighted by Gasteiger charge is -2.30. The third kappa shape index (κ3) is 4.49. The van der Waals surface area contributed by atoms with E-state index in [0.29, 0.717) is 11.1 Å². The summed E-state index contributed by atoms with van der Waals surface area (Å²) in [5.41, 5.74) is 6.07. The standard InChI is InChI=1S/C26H30O2/c1-17(2)7-5-9-19-11-13-21-23(15-19)26(28)24-16-20(10-6-8-18(3)4)12-14-22(24)25(21)27/h7-8,11-16,21,23H,5-6,9-10H2,1-4H3. The topological polar surface area (TPSA) is 34.1 Å². The highest BCUT2D eigenvalue weighted by atomic mass is 16.1. The molecule has 1 aromatic carbocycles. The maximum atomic E-state index is 13.2. The van der Waals surface area contributed by atoms with E-state index in [-0.39, 0.29) is 23.4 Å². The van der Waals surface area contributed by atoms with Crippen LogP contribution in [0.3, 0.4) is 0 Å². The fraction of sp³-hybridized carbons (Fsp3) is 0.385. The summed E-state index contributed by atoms with van der Waals surface area (Å²) >= 11 is 0. The Morgan fingerprint density at radius 3 is 2.18 bits per heavy atom. The molecule has 0 aliphatic heterocycles. The summed E-state index contributed by atoms with van der Waals surface area (Å²) < 4.78 is 0. The van der Waals surface area contributed by atoms with Gasteiger partial charge in [0.05, 0.1) is 11.8 Å². The second-order valence-corrected chi connectivity index (χ2v) is 8.40. The molecule has 0 heterocycles. The Balaban J connectivity index is 1.83.